The van der Waals surface area contributed by atoms with Crippen LogP contribution in [0.3, 0.4) is 0 Å². The lowest BCUT2D eigenvalue weighted by Gasteiger charge is -2.09. The maximum Gasteiger partial charge on any atom is 0.416 e. The SMILES string of the molecule is O=C(CSc1ncnc2c1oc1ccccc12)N1CCOC1=O. The summed E-state index contributed by atoms with van der Waals surface area (Å²) in [5.74, 6) is -0.224. The average molecular weight is 329 g/mol. The van der Waals surface area contributed by atoms with Crippen molar-refractivity contribution in [3.63, 3.8) is 0 Å². The second-order valence-corrected chi connectivity index (χ2v) is 5.87. The van der Waals surface area contributed by atoms with Gasteiger partial charge in [0.2, 0.25) is 5.91 Å². The van der Waals surface area contributed by atoms with Gasteiger partial charge in [0.1, 0.15) is 29.1 Å². The van der Waals surface area contributed by atoms with Gasteiger partial charge in [0.05, 0.1) is 12.3 Å². The van der Waals surface area contributed by atoms with Crippen LogP contribution in [-0.2, 0) is 9.53 Å². The fourth-order valence-corrected chi connectivity index (χ4v) is 3.24. The number of para-hydroxylation sites is 1. The van der Waals surface area contributed by atoms with Crippen molar-refractivity contribution in [2.45, 2.75) is 5.03 Å². The van der Waals surface area contributed by atoms with Gasteiger partial charge >= 0.3 is 6.09 Å². The molecule has 4 rings (SSSR count). The molecule has 3 heterocycles. The zero-order chi connectivity index (χ0) is 15.8. The molecule has 2 aromatic heterocycles. The molecule has 23 heavy (non-hydrogen) atoms. The van der Waals surface area contributed by atoms with Gasteiger partial charge in [0.25, 0.3) is 0 Å². The van der Waals surface area contributed by atoms with Crippen LogP contribution in [-0.4, -0.2) is 45.8 Å². The van der Waals surface area contributed by atoms with Crippen molar-refractivity contribution in [3.05, 3.63) is 30.6 Å². The van der Waals surface area contributed by atoms with E-state index in [9.17, 15) is 9.59 Å². The van der Waals surface area contributed by atoms with E-state index in [1.807, 2.05) is 24.3 Å². The van der Waals surface area contributed by atoms with Crippen LogP contribution in [0.5, 0.6) is 0 Å². The molecule has 1 aliphatic heterocycles. The predicted molar refractivity (Wildman–Crippen MR) is 83.1 cm³/mol. The highest BCUT2D eigenvalue weighted by Gasteiger charge is 2.28. The van der Waals surface area contributed by atoms with E-state index in [1.54, 1.807) is 0 Å². The van der Waals surface area contributed by atoms with E-state index in [1.165, 1.54) is 18.1 Å². The molecule has 0 radical (unpaired) electrons. The van der Waals surface area contributed by atoms with Gasteiger partial charge in [-0.3, -0.25) is 4.79 Å². The van der Waals surface area contributed by atoms with E-state index in [-0.39, 0.29) is 18.3 Å². The Kier molecular flexibility index (Phi) is 3.38. The van der Waals surface area contributed by atoms with Gasteiger partial charge in [-0.05, 0) is 12.1 Å². The van der Waals surface area contributed by atoms with Gasteiger partial charge in [-0.1, -0.05) is 23.9 Å². The number of ether oxygens (including phenoxy) is 1. The third-order valence-corrected chi connectivity index (χ3v) is 4.48. The molecule has 0 bridgehead atoms. The first kappa shape index (κ1) is 14.0. The summed E-state index contributed by atoms with van der Waals surface area (Å²) < 4.78 is 10.6. The van der Waals surface area contributed by atoms with E-state index < -0.39 is 6.09 Å². The second kappa shape index (κ2) is 5.54. The third kappa shape index (κ3) is 2.40. The molecule has 7 nitrogen and oxygen atoms in total. The maximum atomic E-state index is 12.1. The molecular weight excluding hydrogens is 318 g/mol. The lowest BCUT2D eigenvalue weighted by atomic mass is 10.2. The third-order valence-electron chi connectivity index (χ3n) is 3.52. The van der Waals surface area contributed by atoms with Crippen molar-refractivity contribution in [2.75, 3.05) is 18.9 Å². The Morgan fingerprint density at radius 3 is 3.00 bits per heavy atom. The van der Waals surface area contributed by atoms with Crippen LogP contribution in [0.2, 0.25) is 0 Å². The Morgan fingerprint density at radius 1 is 1.30 bits per heavy atom. The molecule has 8 heteroatoms. The van der Waals surface area contributed by atoms with E-state index in [4.69, 9.17) is 9.15 Å². The number of benzene rings is 1. The smallest absolute Gasteiger partial charge is 0.416 e. The fraction of sp³-hybridized carbons (Fsp3) is 0.200. The number of aromatic nitrogens is 2. The molecule has 1 fully saturated rings. The molecule has 1 aromatic carbocycles. The van der Waals surface area contributed by atoms with Gasteiger partial charge < -0.3 is 9.15 Å². The molecular formula is C15H11N3O4S. The number of carbonyl (C=O) groups is 2. The number of imide groups is 1. The summed E-state index contributed by atoms with van der Waals surface area (Å²) in [4.78, 5) is 33.0. The van der Waals surface area contributed by atoms with E-state index in [0.717, 1.165) is 15.9 Å². The molecule has 116 valence electrons. The van der Waals surface area contributed by atoms with Crippen LogP contribution >= 0.6 is 11.8 Å². The van der Waals surface area contributed by atoms with Crippen LogP contribution < -0.4 is 0 Å². The monoisotopic (exact) mass is 329 g/mol. The summed E-state index contributed by atoms with van der Waals surface area (Å²) in [7, 11) is 0. The van der Waals surface area contributed by atoms with Crippen LogP contribution in [0.1, 0.15) is 0 Å². The van der Waals surface area contributed by atoms with Crippen molar-refractivity contribution in [2.24, 2.45) is 0 Å². The summed E-state index contributed by atoms with van der Waals surface area (Å²) in [5.41, 5.74) is 1.99. The first-order chi connectivity index (χ1) is 11.2. The topological polar surface area (TPSA) is 85.5 Å². The Bertz CT molecular complexity index is 923. The van der Waals surface area contributed by atoms with Gasteiger partial charge in [0, 0.05) is 5.39 Å². The fourth-order valence-electron chi connectivity index (χ4n) is 2.43. The first-order valence-corrected chi connectivity index (χ1v) is 7.95. The quantitative estimate of drug-likeness (QED) is 0.539. The van der Waals surface area contributed by atoms with E-state index in [2.05, 4.69) is 9.97 Å². The normalized spacial score (nSPS) is 14.6. The molecule has 0 spiro atoms. The molecule has 1 aliphatic rings. The summed E-state index contributed by atoms with van der Waals surface area (Å²) in [6.45, 7) is 0.540. The summed E-state index contributed by atoms with van der Waals surface area (Å²) in [5, 5.41) is 1.48. The maximum absolute atomic E-state index is 12.1. The van der Waals surface area contributed by atoms with E-state index >= 15 is 0 Å². The number of carbonyl (C=O) groups excluding carboxylic acids is 2. The highest BCUT2D eigenvalue weighted by atomic mass is 32.2. The minimum atomic E-state index is -0.591. The standard InChI is InChI=1S/C15H11N3O4S/c19-11(18-5-6-21-15(18)20)7-23-14-13-12(16-8-17-14)9-3-1-2-4-10(9)22-13/h1-4,8H,5-7H2. The lowest BCUT2D eigenvalue weighted by Crippen LogP contribution is -2.33. The predicted octanol–water partition coefficient (Wildman–Crippen LogP) is 2.45. The number of nitrogens with zero attached hydrogens (tertiary/aromatic N) is 3. The van der Waals surface area contributed by atoms with Crippen LogP contribution in [0, 0.1) is 0 Å². The molecule has 0 unspecified atom stereocenters. The van der Waals surface area contributed by atoms with Crippen molar-refractivity contribution in [1.29, 1.82) is 0 Å². The number of hydrogen-bond donors (Lipinski definition) is 0. The van der Waals surface area contributed by atoms with Crippen molar-refractivity contribution < 1.29 is 18.7 Å². The average Bonchev–Trinajstić information content (AvgIpc) is 3.16. The Hall–Kier alpha value is -2.61. The first-order valence-electron chi connectivity index (χ1n) is 6.96. The largest absolute Gasteiger partial charge is 0.451 e. The lowest BCUT2D eigenvalue weighted by molar-refractivity contribution is -0.125. The number of cyclic esters (lactones) is 1. The van der Waals surface area contributed by atoms with Crippen molar-refractivity contribution in [3.8, 4) is 0 Å². The zero-order valence-electron chi connectivity index (χ0n) is 11.9. The molecule has 0 N–H and O–H groups in total. The number of rotatable bonds is 3. The summed E-state index contributed by atoms with van der Waals surface area (Å²) in [6, 6.07) is 7.58. The molecule has 2 amide bonds. The van der Waals surface area contributed by atoms with Gasteiger partial charge in [0.15, 0.2) is 5.58 Å². The zero-order valence-corrected chi connectivity index (χ0v) is 12.7. The molecule has 0 aliphatic carbocycles. The number of thioether (sulfide) groups is 1. The van der Waals surface area contributed by atoms with Crippen LogP contribution in [0.25, 0.3) is 22.1 Å². The van der Waals surface area contributed by atoms with E-state index in [0.29, 0.717) is 22.7 Å². The van der Waals surface area contributed by atoms with Gasteiger partial charge in [-0.2, -0.15) is 0 Å². The Morgan fingerprint density at radius 2 is 2.17 bits per heavy atom. The molecule has 3 aromatic rings. The highest BCUT2D eigenvalue weighted by molar-refractivity contribution is 8.00. The number of hydrogen-bond acceptors (Lipinski definition) is 7. The number of amides is 2. The molecule has 1 saturated heterocycles. The minimum absolute atomic E-state index is 0.0816. The van der Waals surface area contributed by atoms with Crippen LogP contribution in [0.4, 0.5) is 4.79 Å². The summed E-state index contributed by atoms with van der Waals surface area (Å²) >= 11 is 1.22. The molecule has 0 saturated carbocycles. The minimum Gasteiger partial charge on any atom is -0.451 e. The Labute approximate surface area is 134 Å². The van der Waals surface area contributed by atoms with Gasteiger partial charge in [-0.15, -0.1) is 0 Å². The van der Waals surface area contributed by atoms with Crippen molar-refractivity contribution >= 4 is 45.8 Å². The second-order valence-electron chi connectivity index (χ2n) is 4.90. The summed E-state index contributed by atoms with van der Waals surface area (Å²) in [6.07, 6.45) is 0.855. The number of furan rings is 1. The number of fused-ring (bicyclic) bond motifs is 3. The Balaban J connectivity index is 1.62. The highest BCUT2D eigenvalue weighted by Crippen LogP contribution is 2.32. The van der Waals surface area contributed by atoms with Crippen molar-refractivity contribution in [1.82, 2.24) is 14.9 Å². The van der Waals surface area contributed by atoms with Crippen LogP contribution in [0.15, 0.2) is 40.0 Å². The molecule has 0 atom stereocenters. The van der Waals surface area contributed by atoms with Gasteiger partial charge in [-0.25, -0.2) is 19.7 Å².